The Morgan fingerprint density at radius 1 is 1.47 bits per heavy atom. The second-order valence-corrected chi connectivity index (χ2v) is 5.52. The van der Waals surface area contributed by atoms with Crippen LogP contribution in [0.25, 0.3) is 0 Å². The highest BCUT2D eigenvalue weighted by Gasteiger charge is 2.29. The molecule has 0 spiro atoms. The molecule has 1 aromatic rings. The maximum atomic E-state index is 13.9. The number of ether oxygens (including phenoxy) is 2. The highest BCUT2D eigenvalue weighted by molar-refractivity contribution is 5.62. The van der Waals surface area contributed by atoms with Crippen molar-refractivity contribution in [1.82, 2.24) is 0 Å². The van der Waals surface area contributed by atoms with Crippen molar-refractivity contribution in [3.05, 3.63) is 17.9 Å². The van der Waals surface area contributed by atoms with E-state index in [4.69, 9.17) is 15.2 Å². The van der Waals surface area contributed by atoms with Crippen LogP contribution in [-0.2, 0) is 4.74 Å². The monoisotopic (exact) mass is 268 g/mol. The highest BCUT2D eigenvalue weighted by atomic mass is 19.1. The summed E-state index contributed by atoms with van der Waals surface area (Å²) in [5, 5.41) is 3.22. The molecule has 5 heteroatoms. The van der Waals surface area contributed by atoms with Gasteiger partial charge >= 0.3 is 0 Å². The quantitative estimate of drug-likeness (QED) is 0.828. The van der Waals surface area contributed by atoms with Gasteiger partial charge in [0.1, 0.15) is 11.6 Å². The van der Waals surface area contributed by atoms with Crippen LogP contribution >= 0.6 is 0 Å². The number of nitrogen functional groups attached to an aromatic ring is 1. The molecule has 106 valence electrons. The van der Waals surface area contributed by atoms with Crippen molar-refractivity contribution in [2.24, 2.45) is 0 Å². The molecule has 0 amide bonds. The fourth-order valence-corrected chi connectivity index (χ4v) is 2.43. The lowest BCUT2D eigenvalue weighted by Crippen LogP contribution is -2.40. The van der Waals surface area contributed by atoms with Gasteiger partial charge in [-0.05, 0) is 26.7 Å². The molecule has 0 aliphatic carbocycles. The Balaban J connectivity index is 2.14. The van der Waals surface area contributed by atoms with E-state index in [1.165, 1.54) is 13.2 Å². The van der Waals surface area contributed by atoms with Gasteiger partial charge < -0.3 is 20.5 Å². The van der Waals surface area contributed by atoms with Crippen molar-refractivity contribution < 1.29 is 13.9 Å². The molecule has 19 heavy (non-hydrogen) atoms. The van der Waals surface area contributed by atoms with Crippen LogP contribution in [0.3, 0.4) is 0 Å². The zero-order valence-corrected chi connectivity index (χ0v) is 11.6. The van der Waals surface area contributed by atoms with E-state index in [1.54, 1.807) is 6.07 Å². The zero-order chi connectivity index (χ0) is 14.0. The first-order chi connectivity index (χ1) is 8.91. The Morgan fingerprint density at radius 2 is 2.21 bits per heavy atom. The van der Waals surface area contributed by atoms with E-state index in [2.05, 4.69) is 5.32 Å². The van der Waals surface area contributed by atoms with E-state index >= 15 is 0 Å². The summed E-state index contributed by atoms with van der Waals surface area (Å²) in [5.74, 6) is 0.123. The molecule has 1 aromatic carbocycles. The molecule has 1 aliphatic rings. The molecule has 1 atom stereocenters. The van der Waals surface area contributed by atoms with E-state index in [9.17, 15) is 4.39 Å². The number of benzene rings is 1. The van der Waals surface area contributed by atoms with Gasteiger partial charge in [0.25, 0.3) is 0 Å². The zero-order valence-electron chi connectivity index (χ0n) is 11.6. The number of rotatable bonds is 3. The number of anilines is 2. The summed E-state index contributed by atoms with van der Waals surface area (Å²) >= 11 is 0. The normalized spacial score (nSPS) is 22.0. The van der Waals surface area contributed by atoms with Gasteiger partial charge in [0.15, 0.2) is 0 Å². The van der Waals surface area contributed by atoms with Gasteiger partial charge in [-0.25, -0.2) is 4.39 Å². The van der Waals surface area contributed by atoms with Gasteiger partial charge in [-0.2, -0.15) is 0 Å². The van der Waals surface area contributed by atoms with Gasteiger partial charge in [0, 0.05) is 24.8 Å². The molecule has 4 nitrogen and oxygen atoms in total. The standard InChI is InChI=1S/C14H21FN2O2/c1-14(2)8-9(4-5-19-14)17-12-7-13(18-3)11(16)6-10(12)15/h6-7,9,17H,4-5,8,16H2,1-3H3. The minimum Gasteiger partial charge on any atom is -0.495 e. The predicted molar refractivity (Wildman–Crippen MR) is 74.0 cm³/mol. The fraction of sp³-hybridized carbons (Fsp3) is 0.571. The van der Waals surface area contributed by atoms with Gasteiger partial charge in [0.2, 0.25) is 0 Å². The highest BCUT2D eigenvalue weighted by Crippen LogP contribution is 2.31. The minimum atomic E-state index is -0.359. The number of hydrogen-bond donors (Lipinski definition) is 2. The molecule has 1 aliphatic heterocycles. The molecule has 0 saturated carbocycles. The van der Waals surface area contributed by atoms with Crippen molar-refractivity contribution >= 4 is 11.4 Å². The summed E-state index contributed by atoms with van der Waals surface area (Å²) in [4.78, 5) is 0. The minimum absolute atomic E-state index is 0.176. The number of hydrogen-bond acceptors (Lipinski definition) is 4. The molecule has 1 saturated heterocycles. The smallest absolute Gasteiger partial charge is 0.148 e. The molecule has 0 bridgehead atoms. The lowest BCUT2D eigenvalue weighted by atomic mass is 9.94. The van der Waals surface area contributed by atoms with Crippen molar-refractivity contribution in [2.45, 2.75) is 38.3 Å². The van der Waals surface area contributed by atoms with Gasteiger partial charge in [-0.15, -0.1) is 0 Å². The van der Waals surface area contributed by atoms with Crippen LogP contribution in [0.5, 0.6) is 5.75 Å². The molecule has 0 radical (unpaired) electrons. The molecular formula is C14H21FN2O2. The van der Waals surface area contributed by atoms with Crippen LogP contribution in [0.1, 0.15) is 26.7 Å². The maximum absolute atomic E-state index is 13.9. The Hall–Kier alpha value is -1.49. The topological polar surface area (TPSA) is 56.5 Å². The molecule has 0 aromatic heterocycles. The van der Waals surface area contributed by atoms with Crippen LogP contribution in [0.15, 0.2) is 12.1 Å². The fourth-order valence-electron chi connectivity index (χ4n) is 2.43. The summed E-state index contributed by atoms with van der Waals surface area (Å²) < 4.78 is 24.6. The Bertz CT molecular complexity index is 463. The lowest BCUT2D eigenvalue weighted by molar-refractivity contribution is -0.0553. The molecular weight excluding hydrogens is 247 g/mol. The number of methoxy groups -OCH3 is 1. The van der Waals surface area contributed by atoms with Crippen LogP contribution < -0.4 is 15.8 Å². The molecule has 3 N–H and O–H groups in total. The first-order valence-corrected chi connectivity index (χ1v) is 6.45. The Morgan fingerprint density at radius 3 is 2.84 bits per heavy atom. The summed E-state index contributed by atoms with van der Waals surface area (Å²) in [6.45, 7) is 4.76. The van der Waals surface area contributed by atoms with Crippen LogP contribution in [0, 0.1) is 5.82 Å². The van der Waals surface area contributed by atoms with E-state index in [0.717, 1.165) is 12.8 Å². The van der Waals surface area contributed by atoms with Gasteiger partial charge in [-0.3, -0.25) is 0 Å². The third-order valence-electron chi connectivity index (χ3n) is 3.38. The molecule has 1 unspecified atom stereocenters. The lowest BCUT2D eigenvalue weighted by Gasteiger charge is -2.36. The second-order valence-electron chi connectivity index (χ2n) is 5.52. The summed E-state index contributed by atoms with van der Waals surface area (Å²) in [6.07, 6.45) is 1.69. The summed E-state index contributed by atoms with van der Waals surface area (Å²) in [7, 11) is 1.52. The Kier molecular flexibility index (Phi) is 3.85. The van der Waals surface area contributed by atoms with Crippen LogP contribution in [0.4, 0.5) is 15.8 Å². The van der Waals surface area contributed by atoms with Crippen molar-refractivity contribution in [3.63, 3.8) is 0 Å². The van der Waals surface area contributed by atoms with Crippen molar-refractivity contribution in [1.29, 1.82) is 0 Å². The summed E-state index contributed by atoms with van der Waals surface area (Å²) in [6, 6.07) is 3.07. The third kappa shape index (κ3) is 3.29. The maximum Gasteiger partial charge on any atom is 0.148 e. The molecule has 1 fully saturated rings. The van der Waals surface area contributed by atoms with E-state index in [1.807, 2.05) is 13.8 Å². The van der Waals surface area contributed by atoms with Gasteiger partial charge in [0.05, 0.1) is 24.1 Å². The predicted octanol–water partition coefficient (Wildman–Crippen LogP) is 2.79. The summed E-state index contributed by atoms with van der Waals surface area (Å²) in [5.41, 5.74) is 6.22. The van der Waals surface area contributed by atoms with E-state index in [-0.39, 0.29) is 17.5 Å². The largest absolute Gasteiger partial charge is 0.495 e. The Labute approximate surface area is 113 Å². The first-order valence-electron chi connectivity index (χ1n) is 6.45. The van der Waals surface area contributed by atoms with Gasteiger partial charge in [-0.1, -0.05) is 0 Å². The van der Waals surface area contributed by atoms with E-state index < -0.39 is 0 Å². The average molecular weight is 268 g/mol. The number of nitrogens with two attached hydrogens (primary N) is 1. The number of nitrogens with one attached hydrogen (secondary N) is 1. The van der Waals surface area contributed by atoms with E-state index in [0.29, 0.717) is 23.7 Å². The third-order valence-corrected chi connectivity index (χ3v) is 3.38. The second kappa shape index (κ2) is 5.25. The molecule has 2 rings (SSSR count). The SMILES string of the molecule is COc1cc(NC2CCOC(C)(C)C2)c(F)cc1N. The number of halogens is 1. The van der Waals surface area contributed by atoms with Crippen molar-refractivity contribution in [3.8, 4) is 5.75 Å². The average Bonchev–Trinajstić information content (AvgIpc) is 2.31. The van der Waals surface area contributed by atoms with Crippen molar-refractivity contribution in [2.75, 3.05) is 24.8 Å². The molecule has 1 heterocycles. The van der Waals surface area contributed by atoms with Crippen LogP contribution in [-0.4, -0.2) is 25.4 Å². The first kappa shape index (κ1) is 13.9. The van der Waals surface area contributed by atoms with Crippen LogP contribution in [0.2, 0.25) is 0 Å².